The Kier molecular flexibility index (Phi) is 7.18. The molecule has 0 saturated heterocycles. The standard InChI is InChI=1S/C26H31N3O3S/c1-4-32-21-11-10-18(15-22(21)31-3)12-13-29(16-19-8-9-19)25(30)23-24(33-26(27)28-23)20-7-5-6-17(2)14-20/h5-7,10-11,14-15,19H,4,8-9,12-13,16H2,1-3H3,(H2,27,28). The van der Waals surface area contributed by atoms with Gasteiger partial charge in [0, 0.05) is 13.1 Å². The summed E-state index contributed by atoms with van der Waals surface area (Å²) < 4.78 is 11.1. The maximum atomic E-state index is 13.7. The molecular formula is C26H31N3O3S. The fourth-order valence-corrected chi connectivity index (χ4v) is 4.73. The molecule has 33 heavy (non-hydrogen) atoms. The van der Waals surface area contributed by atoms with Crippen LogP contribution in [0.5, 0.6) is 11.5 Å². The molecule has 174 valence electrons. The number of hydrogen-bond donors (Lipinski definition) is 1. The molecule has 1 aromatic heterocycles. The summed E-state index contributed by atoms with van der Waals surface area (Å²) >= 11 is 1.37. The van der Waals surface area contributed by atoms with Crippen LogP contribution in [0.3, 0.4) is 0 Å². The fourth-order valence-electron chi connectivity index (χ4n) is 3.91. The van der Waals surface area contributed by atoms with Crippen LogP contribution in [0.2, 0.25) is 0 Å². The van der Waals surface area contributed by atoms with Crippen molar-refractivity contribution in [2.24, 2.45) is 5.92 Å². The van der Waals surface area contributed by atoms with Crippen LogP contribution >= 0.6 is 11.3 Å². The number of nitrogens with zero attached hydrogens (tertiary/aromatic N) is 2. The number of aryl methyl sites for hydroxylation is 1. The van der Waals surface area contributed by atoms with Gasteiger partial charge in [0.2, 0.25) is 0 Å². The maximum Gasteiger partial charge on any atom is 0.274 e. The third kappa shape index (κ3) is 5.66. The number of hydrogen-bond acceptors (Lipinski definition) is 6. The fraction of sp³-hybridized carbons (Fsp3) is 0.385. The van der Waals surface area contributed by atoms with Gasteiger partial charge in [0.15, 0.2) is 16.6 Å². The third-order valence-electron chi connectivity index (χ3n) is 5.79. The number of ether oxygens (including phenoxy) is 2. The molecule has 0 bridgehead atoms. The highest BCUT2D eigenvalue weighted by atomic mass is 32.1. The van der Waals surface area contributed by atoms with E-state index in [0.717, 1.165) is 40.3 Å². The van der Waals surface area contributed by atoms with Crippen molar-refractivity contribution in [2.45, 2.75) is 33.1 Å². The minimum Gasteiger partial charge on any atom is -0.493 e. The Morgan fingerprint density at radius 3 is 2.73 bits per heavy atom. The van der Waals surface area contributed by atoms with E-state index in [1.54, 1.807) is 7.11 Å². The molecule has 0 radical (unpaired) electrons. The summed E-state index contributed by atoms with van der Waals surface area (Å²) in [6.07, 6.45) is 3.07. The first-order valence-electron chi connectivity index (χ1n) is 11.4. The second-order valence-corrected chi connectivity index (χ2v) is 9.49. The monoisotopic (exact) mass is 465 g/mol. The number of thiazole rings is 1. The molecule has 1 amide bonds. The van der Waals surface area contributed by atoms with Crippen LogP contribution in [0.15, 0.2) is 42.5 Å². The zero-order valence-corrected chi connectivity index (χ0v) is 20.3. The second kappa shape index (κ2) is 10.3. The Hall–Kier alpha value is -3.06. The molecule has 1 fully saturated rings. The number of aromatic nitrogens is 1. The first-order chi connectivity index (χ1) is 16.0. The quantitative estimate of drug-likeness (QED) is 0.445. The van der Waals surface area contributed by atoms with Crippen LogP contribution in [0.25, 0.3) is 10.4 Å². The summed E-state index contributed by atoms with van der Waals surface area (Å²) in [4.78, 5) is 20.9. The average molecular weight is 466 g/mol. The smallest absolute Gasteiger partial charge is 0.274 e. The SMILES string of the molecule is CCOc1ccc(CCN(CC2CC2)C(=O)c2nc(N)sc2-c2cccc(C)c2)cc1OC. The Balaban J connectivity index is 1.56. The van der Waals surface area contributed by atoms with E-state index in [2.05, 4.69) is 11.1 Å². The van der Waals surface area contributed by atoms with Gasteiger partial charge in [-0.15, -0.1) is 0 Å². The molecule has 4 rings (SSSR count). The average Bonchev–Trinajstić information content (AvgIpc) is 3.55. The lowest BCUT2D eigenvalue weighted by molar-refractivity contribution is 0.0745. The molecule has 7 heteroatoms. The highest BCUT2D eigenvalue weighted by Crippen LogP contribution is 2.35. The first-order valence-corrected chi connectivity index (χ1v) is 12.2. The van der Waals surface area contributed by atoms with Gasteiger partial charge in [0.25, 0.3) is 5.91 Å². The highest BCUT2D eigenvalue weighted by molar-refractivity contribution is 7.19. The predicted octanol–water partition coefficient (Wildman–Crippen LogP) is 5.20. The molecule has 2 aromatic carbocycles. The van der Waals surface area contributed by atoms with E-state index >= 15 is 0 Å². The van der Waals surface area contributed by atoms with Crippen LogP contribution in [0.1, 0.15) is 41.4 Å². The number of carbonyl (C=O) groups is 1. The Morgan fingerprint density at radius 1 is 1.21 bits per heavy atom. The minimum atomic E-state index is -0.0516. The number of nitrogens with two attached hydrogens (primary N) is 1. The van der Waals surface area contributed by atoms with E-state index in [-0.39, 0.29) is 5.91 Å². The zero-order valence-electron chi connectivity index (χ0n) is 19.5. The van der Waals surface area contributed by atoms with Gasteiger partial charge in [0.05, 0.1) is 18.6 Å². The molecule has 1 aliphatic rings. The van der Waals surface area contributed by atoms with Crippen molar-refractivity contribution in [3.8, 4) is 21.9 Å². The van der Waals surface area contributed by atoms with Gasteiger partial charge in [-0.3, -0.25) is 4.79 Å². The third-order valence-corrected chi connectivity index (χ3v) is 6.72. The molecule has 0 atom stereocenters. The van der Waals surface area contributed by atoms with Crippen molar-refractivity contribution < 1.29 is 14.3 Å². The van der Waals surface area contributed by atoms with Crippen LogP contribution in [0.4, 0.5) is 5.13 Å². The van der Waals surface area contributed by atoms with Crippen molar-refractivity contribution in [1.82, 2.24) is 9.88 Å². The van der Waals surface area contributed by atoms with E-state index in [1.165, 1.54) is 24.2 Å². The van der Waals surface area contributed by atoms with Gasteiger partial charge < -0.3 is 20.1 Å². The van der Waals surface area contributed by atoms with E-state index in [9.17, 15) is 4.79 Å². The van der Waals surface area contributed by atoms with Crippen LogP contribution in [0, 0.1) is 12.8 Å². The molecule has 0 aliphatic heterocycles. The number of carbonyl (C=O) groups excluding carboxylic acids is 1. The highest BCUT2D eigenvalue weighted by Gasteiger charge is 2.30. The first kappa shape index (κ1) is 23.1. The van der Waals surface area contributed by atoms with Crippen molar-refractivity contribution in [2.75, 3.05) is 32.5 Å². The Bertz CT molecular complexity index is 1120. The Morgan fingerprint density at radius 2 is 2.03 bits per heavy atom. The largest absolute Gasteiger partial charge is 0.493 e. The van der Waals surface area contributed by atoms with Gasteiger partial charge in [-0.1, -0.05) is 47.2 Å². The summed E-state index contributed by atoms with van der Waals surface area (Å²) in [5, 5.41) is 0.414. The van der Waals surface area contributed by atoms with Gasteiger partial charge in [-0.05, 0) is 62.3 Å². The summed E-state index contributed by atoms with van der Waals surface area (Å²) in [5.74, 6) is 1.96. The van der Waals surface area contributed by atoms with Crippen molar-refractivity contribution in [1.29, 1.82) is 0 Å². The summed E-state index contributed by atoms with van der Waals surface area (Å²) in [7, 11) is 1.64. The van der Waals surface area contributed by atoms with Gasteiger partial charge in [0.1, 0.15) is 5.69 Å². The van der Waals surface area contributed by atoms with Crippen LogP contribution in [-0.4, -0.2) is 42.6 Å². The molecule has 1 aliphatic carbocycles. The van der Waals surface area contributed by atoms with Crippen LogP contribution < -0.4 is 15.2 Å². The summed E-state index contributed by atoms with van der Waals surface area (Å²) in [6, 6.07) is 14.1. The van der Waals surface area contributed by atoms with Gasteiger partial charge in [-0.25, -0.2) is 4.98 Å². The van der Waals surface area contributed by atoms with Crippen molar-refractivity contribution in [3.05, 3.63) is 59.3 Å². The van der Waals surface area contributed by atoms with Gasteiger partial charge in [-0.2, -0.15) is 0 Å². The molecular weight excluding hydrogens is 434 g/mol. The topological polar surface area (TPSA) is 77.7 Å². The maximum absolute atomic E-state index is 13.7. The van der Waals surface area contributed by atoms with E-state index in [0.29, 0.717) is 35.6 Å². The molecule has 1 saturated carbocycles. The van der Waals surface area contributed by atoms with Crippen molar-refractivity contribution >= 4 is 22.4 Å². The number of benzene rings is 2. The predicted molar refractivity (Wildman–Crippen MR) is 133 cm³/mol. The molecule has 2 N–H and O–H groups in total. The lowest BCUT2D eigenvalue weighted by atomic mass is 10.1. The number of anilines is 1. The van der Waals surface area contributed by atoms with Crippen LogP contribution in [-0.2, 0) is 6.42 Å². The molecule has 6 nitrogen and oxygen atoms in total. The lowest BCUT2D eigenvalue weighted by Gasteiger charge is -2.23. The van der Waals surface area contributed by atoms with Gasteiger partial charge >= 0.3 is 0 Å². The molecule has 0 spiro atoms. The summed E-state index contributed by atoms with van der Waals surface area (Å²) in [6.45, 7) is 5.93. The van der Waals surface area contributed by atoms with Crippen molar-refractivity contribution in [3.63, 3.8) is 0 Å². The second-order valence-electron chi connectivity index (χ2n) is 8.46. The minimum absolute atomic E-state index is 0.0516. The molecule has 1 heterocycles. The van der Waals surface area contributed by atoms with E-state index in [4.69, 9.17) is 15.2 Å². The number of nitrogen functional groups attached to an aromatic ring is 1. The number of amides is 1. The van der Waals surface area contributed by atoms with E-state index < -0.39 is 0 Å². The lowest BCUT2D eigenvalue weighted by Crippen LogP contribution is -2.35. The molecule has 3 aromatic rings. The summed E-state index contributed by atoms with van der Waals surface area (Å²) in [5.41, 5.74) is 9.72. The number of rotatable bonds is 10. The molecule has 0 unspecified atom stereocenters. The normalized spacial score (nSPS) is 13.1. The number of methoxy groups -OCH3 is 1. The zero-order chi connectivity index (χ0) is 23.4. The Labute approximate surface area is 199 Å². The van der Waals surface area contributed by atoms with E-state index in [1.807, 2.05) is 55.1 Å².